The molecule has 0 aliphatic heterocycles. The Kier molecular flexibility index (Phi) is 5.64. The smallest absolute Gasteiger partial charge is 0.221 e. The molecule has 1 aromatic heterocycles. The summed E-state index contributed by atoms with van der Waals surface area (Å²) in [5.74, 6) is -0.218. The van der Waals surface area contributed by atoms with Crippen LogP contribution in [0.2, 0.25) is 0 Å². The van der Waals surface area contributed by atoms with Crippen LogP contribution in [0.1, 0.15) is 42.3 Å². The molecule has 140 valence electrons. The van der Waals surface area contributed by atoms with Crippen molar-refractivity contribution >= 4 is 5.91 Å². The molecule has 0 fully saturated rings. The van der Waals surface area contributed by atoms with Crippen molar-refractivity contribution in [2.45, 2.75) is 25.3 Å². The van der Waals surface area contributed by atoms with Gasteiger partial charge in [-0.2, -0.15) is 0 Å². The zero-order chi connectivity index (χ0) is 19.4. The van der Waals surface area contributed by atoms with Crippen LogP contribution in [0.4, 0.5) is 8.78 Å². The number of hydrogen-bond donors (Lipinski definition) is 1. The first-order valence-corrected chi connectivity index (χ1v) is 8.71. The first-order chi connectivity index (χ1) is 12.9. The van der Waals surface area contributed by atoms with E-state index in [9.17, 15) is 13.6 Å². The van der Waals surface area contributed by atoms with E-state index in [4.69, 9.17) is 0 Å². The van der Waals surface area contributed by atoms with Gasteiger partial charge in [-0.1, -0.05) is 31.2 Å². The van der Waals surface area contributed by atoms with Gasteiger partial charge in [0.25, 0.3) is 0 Å². The van der Waals surface area contributed by atoms with Gasteiger partial charge in [-0.25, -0.2) is 13.8 Å². The number of aromatic nitrogens is 2. The summed E-state index contributed by atoms with van der Waals surface area (Å²) in [7, 11) is 1.84. The van der Waals surface area contributed by atoms with Gasteiger partial charge in [0, 0.05) is 25.9 Å². The number of aryl methyl sites for hydroxylation is 1. The van der Waals surface area contributed by atoms with Crippen LogP contribution in [-0.4, -0.2) is 15.5 Å². The van der Waals surface area contributed by atoms with E-state index in [1.54, 1.807) is 36.7 Å². The number of nitrogens with one attached hydrogen (secondary N) is 1. The van der Waals surface area contributed by atoms with Gasteiger partial charge >= 0.3 is 0 Å². The van der Waals surface area contributed by atoms with Crippen LogP contribution < -0.4 is 5.32 Å². The van der Waals surface area contributed by atoms with Crippen LogP contribution >= 0.6 is 0 Å². The fourth-order valence-electron chi connectivity index (χ4n) is 3.01. The molecule has 0 bridgehead atoms. The van der Waals surface area contributed by atoms with Crippen LogP contribution in [0, 0.1) is 11.6 Å². The maximum Gasteiger partial charge on any atom is 0.221 e. The van der Waals surface area contributed by atoms with Crippen molar-refractivity contribution < 1.29 is 13.6 Å². The molecule has 3 rings (SSSR count). The zero-order valence-corrected chi connectivity index (χ0v) is 15.2. The number of halogens is 2. The van der Waals surface area contributed by atoms with Crippen LogP contribution in [0.25, 0.3) is 0 Å². The highest BCUT2D eigenvalue weighted by Gasteiger charge is 2.22. The molecule has 6 heteroatoms. The lowest BCUT2D eigenvalue weighted by Gasteiger charge is -2.20. The van der Waals surface area contributed by atoms with Gasteiger partial charge in [0.2, 0.25) is 5.91 Å². The molecule has 0 spiro atoms. The van der Waals surface area contributed by atoms with Crippen LogP contribution in [0.3, 0.4) is 0 Å². The Morgan fingerprint density at radius 3 is 2.11 bits per heavy atom. The molecule has 27 heavy (non-hydrogen) atoms. The lowest BCUT2D eigenvalue weighted by atomic mass is 9.97. The molecule has 0 aliphatic rings. The second kappa shape index (κ2) is 8.12. The minimum atomic E-state index is -0.487. The number of carbonyl (C=O) groups excluding carboxylic acids is 1. The number of rotatable bonds is 6. The summed E-state index contributed by atoms with van der Waals surface area (Å²) in [5.41, 5.74) is 1.63. The van der Waals surface area contributed by atoms with Gasteiger partial charge in [-0.05, 0) is 41.3 Å². The van der Waals surface area contributed by atoms with Gasteiger partial charge in [-0.15, -0.1) is 0 Å². The van der Waals surface area contributed by atoms with Gasteiger partial charge < -0.3 is 9.88 Å². The predicted octanol–water partition coefficient (Wildman–Crippen LogP) is 4.10. The number of benzene rings is 2. The molecule has 0 aliphatic carbocycles. The van der Waals surface area contributed by atoms with E-state index >= 15 is 0 Å². The molecule has 4 nitrogen and oxygen atoms in total. The van der Waals surface area contributed by atoms with Gasteiger partial charge in [0.05, 0.1) is 0 Å². The number of carbonyl (C=O) groups is 1. The highest BCUT2D eigenvalue weighted by Crippen LogP contribution is 2.23. The summed E-state index contributed by atoms with van der Waals surface area (Å²) in [5, 5.41) is 2.99. The van der Waals surface area contributed by atoms with Crippen molar-refractivity contribution in [1.82, 2.24) is 14.9 Å². The van der Waals surface area contributed by atoms with E-state index < -0.39 is 6.04 Å². The summed E-state index contributed by atoms with van der Waals surface area (Å²) in [4.78, 5) is 17.0. The molecule has 0 radical (unpaired) electrons. The predicted molar refractivity (Wildman–Crippen MR) is 99.0 cm³/mol. The highest BCUT2D eigenvalue weighted by atomic mass is 19.1. The zero-order valence-electron chi connectivity index (χ0n) is 15.2. The van der Waals surface area contributed by atoms with Gasteiger partial charge in [0.1, 0.15) is 23.5 Å². The Bertz CT molecular complexity index is 904. The van der Waals surface area contributed by atoms with Gasteiger partial charge in [-0.3, -0.25) is 4.79 Å². The van der Waals surface area contributed by atoms with Crippen molar-refractivity contribution in [2.75, 3.05) is 0 Å². The molecular formula is C21H21F2N3O. The molecule has 1 heterocycles. The monoisotopic (exact) mass is 369 g/mol. The molecule has 1 N–H and O–H groups in total. The maximum absolute atomic E-state index is 13.3. The number of nitrogens with zero attached hydrogens (tertiary/aromatic N) is 2. The van der Waals surface area contributed by atoms with E-state index in [0.717, 1.165) is 11.1 Å². The van der Waals surface area contributed by atoms with Crippen molar-refractivity contribution in [3.05, 3.63) is 89.5 Å². The average Bonchev–Trinajstić information content (AvgIpc) is 3.07. The summed E-state index contributed by atoms with van der Waals surface area (Å²) in [6, 6.07) is 11.7. The third kappa shape index (κ3) is 4.58. The molecule has 2 aromatic carbocycles. The molecule has 0 saturated carbocycles. The summed E-state index contributed by atoms with van der Waals surface area (Å²) < 4.78 is 28.2. The van der Waals surface area contributed by atoms with E-state index in [-0.39, 0.29) is 29.9 Å². The minimum absolute atomic E-state index is 0.0687. The van der Waals surface area contributed by atoms with E-state index in [1.165, 1.54) is 24.3 Å². The van der Waals surface area contributed by atoms with Crippen molar-refractivity contribution in [2.24, 2.45) is 7.05 Å². The molecule has 2 unspecified atom stereocenters. The Hall–Kier alpha value is -3.02. The fourth-order valence-corrected chi connectivity index (χ4v) is 3.01. The molecule has 1 amide bonds. The standard InChI is InChI=1S/C21H21F2N3O/c1-14(15-3-7-17(22)8-4-15)13-19(27)25-20(21-24-11-12-26(21)2)16-5-9-18(23)10-6-16/h3-12,14,20H,13H2,1-2H3,(H,25,27). The van der Waals surface area contributed by atoms with Crippen molar-refractivity contribution in [3.63, 3.8) is 0 Å². The van der Waals surface area contributed by atoms with Crippen LogP contribution in [0.15, 0.2) is 60.9 Å². The quantitative estimate of drug-likeness (QED) is 0.711. The third-order valence-corrected chi connectivity index (χ3v) is 4.56. The summed E-state index contributed by atoms with van der Waals surface area (Å²) in [6.07, 6.45) is 3.69. The highest BCUT2D eigenvalue weighted by molar-refractivity contribution is 5.77. The molecule has 3 aromatic rings. The third-order valence-electron chi connectivity index (χ3n) is 4.56. The first kappa shape index (κ1) is 18.8. The van der Waals surface area contributed by atoms with E-state index in [1.807, 2.05) is 18.5 Å². The van der Waals surface area contributed by atoms with Crippen molar-refractivity contribution in [1.29, 1.82) is 0 Å². The van der Waals surface area contributed by atoms with E-state index in [2.05, 4.69) is 10.3 Å². The van der Waals surface area contributed by atoms with E-state index in [0.29, 0.717) is 5.82 Å². The Morgan fingerprint density at radius 1 is 1.04 bits per heavy atom. The Morgan fingerprint density at radius 2 is 1.59 bits per heavy atom. The van der Waals surface area contributed by atoms with Crippen molar-refractivity contribution in [3.8, 4) is 0 Å². The molecule has 2 atom stereocenters. The molecule has 0 saturated heterocycles. The lowest BCUT2D eigenvalue weighted by molar-refractivity contribution is -0.122. The molecular weight excluding hydrogens is 348 g/mol. The number of hydrogen-bond acceptors (Lipinski definition) is 2. The minimum Gasteiger partial charge on any atom is -0.342 e. The fraction of sp³-hybridized carbons (Fsp3) is 0.238. The van der Waals surface area contributed by atoms with Crippen LogP contribution in [-0.2, 0) is 11.8 Å². The first-order valence-electron chi connectivity index (χ1n) is 8.71. The summed E-state index contributed by atoms with van der Waals surface area (Å²) >= 11 is 0. The Balaban J connectivity index is 1.77. The van der Waals surface area contributed by atoms with Crippen LogP contribution in [0.5, 0.6) is 0 Å². The number of amides is 1. The Labute approximate surface area is 156 Å². The summed E-state index contributed by atoms with van der Waals surface area (Å²) in [6.45, 7) is 1.92. The second-order valence-electron chi connectivity index (χ2n) is 6.61. The topological polar surface area (TPSA) is 46.9 Å². The second-order valence-corrected chi connectivity index (χ2v) is 6.61. The lowest BCUT2D eigenvalue weighted by Crippen LogP contribution is -2.31. The number of imidazole rings is 1. The normalized spacial score (nSPS) is 13.2. The average molecular weight is 369 g/mol. The van der Waals surface area contributed by atoms with Gasteiger partial charge in [0.15, 0.2) is 0 Å². The SMILES string of the molecule is CC(CC(=O)NC(c1ccc(F)cc1)c1nccn1C)c1ccc(F)cc1. The largest absolute Gasteiger partial charge is 0.342 e. The maximum atomic E-state index is 13.3.